The van der Waals surface area contributed by atoms with Gasteiger partial charge in [0.2, 0.25) is 3.79 Å². The quantitative estimate of drug-likeness (QED) is 0.368. The summed E-state index contributed by atoms with van der Waals surface area (Å²) in [6, 6.07) is -1.27. The van der Waals surface area contributed by atoms with Gasteiger partial charge in [-0.05, 0) is 26.6 Å². The molecule has 1 aliphatic rings. The fraction of sp³-hybridized carbons (Fsp3) is 0.818. The van der Waals surface area contributed by atoms with Crippen LogP contribution in [0.4, 0.5) is 0 Å². The molecule has 0 aromatic heterocycles. The Morgan fingerprint density at radius 1 is 1.55 bits per heavy atom. The first-order valence-electron chi connectivity index (χ1n) is 6.85. The molecule has 0 bridgehead atoms. The molecule has 1 aliphatic heterocycles. The minimum absolute atomic E-state index is 0.278. The van der Waals surface area contributed by atoms with Crippen molar-refractivity contribution < 1.29 is 19.3 Å². The van der Waals surface area contributed by atoms with Gasteiger partial charge >= 0.3 is 13.0 Å². The topological polar surface area (TPSA) is 90.9 Å². The molecule has 1 saturated heterocycles. The normalized spacial score (nSPS) is 20.5. The maximum Gasteiger partial charge on any atom is 0.374 e. The van der Waals surface area contributed by atoms with Crippen LogP contribution in [0.1, 0.15) is 19.8 Å². The molecule has 3 N–H and O–H groups in total. The number of halogens is 3. The summed E-state index contributed by atoms with van der Waals surface area (Å²) in [5, 5.41) is 13.3. The molecule has 0 aliphatic carbocycles. The largest absolute Gasteiger partial charge is 0.460 e. The number of nitrogens with one attached hydrogen (secondary N) is 2. The van der Waals surface area contributed by atoms with Gasteiger partial charge in [-0.25, -0.2) is 5.43 Å². The van der Waals surface area contributed by atoms with E-state index < -0.39 is 28.9 Å². The minimum Gasteiger partial charge on any atom is -0.460 e. The van der Waals surface area contributed by atoms with Crippen LogP contribution in [-0.2, 0) is 14.3 Å². The lowest BCUT2D eigenvalue weighted by Crippen LogP contribution is -2.60. The monoisotopic (exact) mass is 373 g/mol. The second kappa shape index (κ2) is 8.56. The van der Waals surface area contributed by atoms with Crippen molar-refractivity contribution in [3.63, 3.8) is 0 Å². The number of carbonyl (C=O) groups is 2. The lowest BCUT2D eigenvalue weighted by molar-refractivity contribution is -0.152. The van der Waals surface area contributed by atoms with E-state index in [0.29, 0.717) is 19.4 Å². The Morgan fingerprint density at radius 3 is 2.73 bits per heavy atom. The van der Waals surface area contributed by atoms with E-state index in [1.807, 2.05) is 0 Å². The zero-order chi connectivity index (χ0) is 16.9. The molecule has 1 fully saturated rings. The molecular formula is C11H19BCl3N3O4. The highest BCUT2D eigenvalue weighted by Gasteiger charge is 2.32. The maximum atomic E-state index is 12.2. The first-order chi connectivity index (χ1) is 10.1. The third-order valence-electron chi connectivity index (χ3n) is 2.98. The van der Waals surface area contributed by atoms with Gasteiger partial charge in [-0.15, -0.1) is 0 Å². The van der Waals surface area contributed by atoms with Gasteiger partial charge in [0.05, 0.1) is 6.04 Å². The molecule has 1 amide bonds. The van der Waals surface area contributed by atoms with Crippen LogP contribution in [0, 0.1) is 0 Å². The van der Waals surface area contributed by atoms with Crippen molar-refractivity contribution in [1.82, 2.24) is 15.7 Å². The molecule has 126 valence electrons. The summed E-state index contributed by atoms with van der Waals surface area (Å²) in [6.07, 6.45) is 1.15. The standard InChI is InChI=1S/C11H19BCl3N3O4/c1-7(16-12(2)21)9(19)18-5-3-4-8(17-18)10(20)22-6-11(13,14)15/h7-8,16-17,21H,3-6H2,1-2H3/t7-,8-/m0/s1. The lowest BCUT2D eigenvalue weighted by Gasteiger charge is -2.34. The van der Waals surface area contributed by atoms with Gasteiger partial charge in [0.25, 0.3) is 5.91 Å². The maximum absolute atomic E-state index is 12.2. The van der Waals surface area contributed by atoms with Gasteiger partial charge in [-0.1, -0.05) is 34.8 Å². The van der Waals surface area contributed by atoms with Gasteiger partial charge in [-0.2, -0.15) is 0 Å². The summed E-state index contributed by atoms with van der Waals surface area (Å²) in [4.78, 5) is 24.1. The highest BCUT2D eigenvalue weighted by Crippen LogP contribution is 2.26. The van der Waals surface area contributed by atoms with E-state index in [4.69, 9.17) is 39.5 Å². The summed E-state index contributed by atoms with van der Waals surface area (Å²) < 4.78 is 3.24. The molecule has 0 saturated carbocycles. The fourth-order valence-electron chi connectivity index (χ4n) is 2.04. The van der Waals surface area contributed by atoms with Crippen molar-refractivity contribution in [1.29, 1.82) is 0 Å². The molecule has 11 heteroatoms. The molecule has 22 heavy (non-hydrogen) atoms. The smallest absolute Gasteiger partial charge is 0.374 e. The number of ether oxygens (including phenoxy) is 1. The highest BCUT2D eigenvalue weighted by atomic mass is 35.6. The van der Waals surface area contributed by atoms with Crippen molar-refractivity contribution in [3.05, 3.63) is 0 Å². The van der Waals surface area contributed by atoms with Crippen LogP contribution in [-0.4, -0.2) is 58.0 Å². The van der Waals surface area contributed by atoms with E-state index in [2.05, 4.69) is 10.7 Å². The van der Waals surface area contributed by atoms with E-state index >= 15 is 0 Å². The number of hydrazine groups is 1. The molecule has 7 nitrogen and oxygen atoms in total. The summed E-state index contributed by atoms with van der Waals surface area (Å²) in [7, 11) is -0.811. The third-order valence-corrected chi connectivity index (χ3v) is 3.30. The number of nitrogens with zero attached hydrogens (tertiary/aromatic N) is 1. The zero-order valence-corrected chi connectivity index (χ0v) is 14.6. The SMILES string of the molecule is CB(O)N[C@@H](C)C(=O)N1CCC[C@@H](C(=O)OCC(Cl)(Cl)Cl)N1. The Bertz CT molecular complexity index is 409. The van der Waals surface area contributed by atoms with Crippen LogP contribution < -0.4 is 10.7 Å². The average molecular weight is 374 g/mol. The van der Waals surface area contributed by atoms with Crippen molar-refractivity contribution in [2.75, 3.05) is 13.2 Å². The van der Waals surface area contributed by atoms with Crippen LogP contribution in [0.2, 0.25) is 6.82 Å². The molecule has 1 heterocycles. The molecule has 0 unspecified atom stereocenters. The van der Waals surface area contributed by atoms with Gasteiger partial charge in [0.1, 0.15) is 12.6 Å². The molecule has 0 radical (unpaired) electrons. The molecule has 0 aromatic rings. The van der Waals surface area contributed by atoms with Gasteiger partial charge in [0, 0.05) is 6.54 Å². The van der Waals surface area contributed by atoms with Crippen molar-refractivity contribution in [2.45, 2.75) is 42.5 Å². The Balaban J connectivity index is 2.53. The number of hydrogen-bond donors (Lipinski definition) is 3. The lowest BCUT2D eigenvalue weighted by atomic mass is 9.87. The van der Waals surface area contributed by atoms with E-state index in [1.165, 1.54) is 11.8 Å². The first-order valence-corrected chi connectivity index (χ1v) is 7.98. The fourth-order valence-corrected chi connectivity index (χ4v) is 2.20. The van der Waals surface area contributed by atoms with Crippen molar-refractivity contribution >= 4 is 53.7 Å². The second-order valence-corrected chi connectivity index (χ2v) is 7.62. The Labute approximate surface area is 144 Å². The third kappa shape index (κ3) is 6.89. The second-order valence-electron chi connectivity index (χ2n) is 5.10. The highest BCUT2D eigenvalue weighted by molar-refractivity contribution is 6.67. The number of rotatable bonds is 5. The summed E-state index contributed by atoms with van der Waals surface area (Å²) in [6.45, 7) is 3.24. The minimum atomic E-state index is -1.67. The molecule has 2 atom stereocenters. The number of alkyl halides is 3. The summed E-state index contributed by atoms with van der Waals surface area (Å²) in [5.74, 6) is -0.861. The summed E-state index contributed by atoms with van der Waals surface area (Å²) >= 11 is 16.6. The average Bonchev–Trinajstić information content (AvgIpc) is 2.42. The molecule has 0 spiro atoms. The van der Waals surface area contributed by atoms with E-state index in [9.17, 15) is 14.6 Å². The van der Waals surface area contributed by atoms with Crippen LogP contribution >= 0.6 is 34.8 Å². The van der Waals surface area contributed by atoms with Crippen LogP contribution in [0.5, 0.6) is 0 Å². The van der Waals surface area contributed by atoms with E-state index in [-0.39, 0.29) is 12.5 Å². The van der Waals surface area contributed by atoms with Crippen molar-refractivity contribution in [2.24, 2.45) is 0 Å². The Morgan fingerprint density at radius 2 is 2.18 bits per heavy atom. The number of esters is 1. The van der Waals surface area contributed by atoms with Gasteiger partial charge in [-0.3, -0.25) is 14.6 Å². The van der Waals surface area contributed by atoms with Crippen LogP contribution in [0.15, 0.2) is 0 Å². The molecule has 0 aromatic carbocycles. The van der Waals surface area contributed by atoms with E-state index in [0.717, 1.165) is 0 Å². The van der Waals surface area contributed by atoms with Crippen LogP contribution in [0.25, 0.3) is 0 Å². The molecular weight excluding hydrogens is 355 g/mol. The first kappa shape index (κ1) is 19.8. The summed E-state index contributed by atoms with van der Waals surface area (Å²) in [5.41, 5.74) is 2.80. The Kier molecular flexibility index (Phi) is 7.71. The zero-order valence-electron chi connectivity index (χ0n) is 12.3. The van der Waals surface area contributed by atoms with Crippen molar-refractivity contribution in [3.8, 4) is 0 Å². The van der Waals surface area contributed by atoms with Crippen LogP contribution in [0.3, 0.4) is 0 Å². The number of amides is 1. The number of hydrogen-bond acceptors (Lipinski definition) is 6. The molecule has 1 rings (SSSR count). The van der Waals surface area contributed by atoms with Gasteiger partial charge in [0.15, 0.2) is 0 Å². The predicted octanol–water partition coefficient (Wildman–Crippen LogP) is 0.484. The number of carbonyl (C=O) groups excluding carboxylic acids is 2. The Hall–Kier alpha value is -0.245. The van der Waals surface area contributed by atoms with Gasteiger partial charge < -0.3 is 15.0 Å². The predicted molar refractivity (Wildman–Crippen MR) is 85.6 cm³/mol. The van der Waals surface area contributed by atoms with E-state index in [1.54, 1.807) is 6.92 Å².